The van der Waals surface area contributed by atoms with E-state index >= 15 is 0 Å². The molecule has 1 fully saturated rings. The molecule has 1 N–H and O–H groups in total. The minimum absolute atomic E-state index is 0.125. The smallest absolute Gasteiger partial charge is 0.344 e. The van der Waals surface area contributed by atoms with Crippen molar-refractivity contribution < 1.29 is 13.9 Å². The summed E-state index contributed by atoms with van der Waals surface area (Å²) in [6.07, 6.45) is 2.29. The first-order valence-electron chi connectivity index (χ1n) is 10.1. The van der Waals surface area contributed by atoms with Crippen molar-refractivity contribution in [3.05, 3.63) is 74.4 Å². The second-order valence-electron chi connectivity index (χ2n) is 7.83. The third kappa shape index (κ3) is 3.09. The molecule has 3 heterocycles. The van der Waals surface area contributed by atoms with Gasteiger partial charge in [0.05, 0.1) is 5.56 Å². The van der Waals surface area contributed by atoms with Crippen molar-refractivity contribution in [3.63, 3.8) is 0 Å². The van der Waals surface area contributed by atoms with E-state index in [1.54, 1.807) is 25.1 Å². The molecule has 6 heteroatoms. The van der Waals surface area contributed by atoms with Crippen LogP contribution in [-0.2, 0) is 6.54 Å². The first-order valence-corrected chi connectivity index (χ1v) is 10.1. The Labute approximate surface area is 172 Å². The van der Waals surface area contributed by atoms with Crippen LogP contribution in [0.5, 0.6) is 5.75 Å². The van der Waals surface area contributed by atoms with Crippen molar-refractivity contribution >= 4 is 21.9 Å². The Hall–Kier alpha value is -3.38. The topological polar surface area (TPSA) is 83.9 Å². The SMILES string of the molecule is Cc1c(O)c(CN2CCCC2)cc2c(-c3cc4ccccc4oc3=O)cc(=O)oc12. The zero-order valence-corrected chi connectivity index (χ0v) is 16.6. The lowest BCUT2D eigenvalue weighted by Crippen LogP contribution is -2.18. The monoisotopic (exact) mass is 403 g/mol. The van der Waals surface area contributed by atoms with Crippen molar-refractivity contribution in [2.45, 2.75) is 26.3 Å². The summed E-state index contributed by atoms with van der Waals surface area (Å²) in [6, 6.07) is 12.1. The highest BCUT2D eigenvalue weighted by atomic mass is 16.4. The summed E-state index contributed by atoms with van der Waals surface area (Å²) in [5.41, 5.74) is 1.66. The highest BCUT2D eigenvalue weighted by molar-refractivity contribution is 5.97. The molecule has 2 aromatic carbocycles. The number of phenolic OH excluding ortho intramolecular Hbond substituents is 1. The molecule has 0 radical (unpaired) electrons. The van der Waals surface area contributed by atoms with Gasteiger partial charge in [0.2, 0.25) is 0 Å². The lowest BCUT2D eigenvalue weighted by atomic mass is 9.97. The van der Waals surface area contributed by atoms with Crippen molar-refractivity contribution in [1.29, 1.82) is 0 Å². The molecule has 5 rings (SSSR count). The van der Waals surface area contributed by atoms with E-state index < -0.39 is 11.3 Å². The lowest BCUT2D eigenvalue weighted by Gasteiger charge is -2.18. The summed E-state index contributed by atoms with van der Waals surface area (Å²) in [4.78, 5) is 27.3. The van der Waals surface area contributed by atoms with Gasteiger partial charge in [0.1, 0.15) is 16.9 Å². The largest absolute Gasteiger partial charge is 0.507 e. The van der Waals surface area contributed by atoms with Crippen molar-refractivity contribution in [3.8, 4) is 16.9 Å². The van der Waals surface area contributed by atoms with Crippen LogP contribution in [0, 0.1) is 6.92 Å². The molecule has 1 aliphatic heterocycles. The highest BCUT2D eigenvalue weighted by Gasteiger charge is 2.21. The average Bonchev–Trinajstić information content (AvgIpc) is 3.24. The van der Waals surface area contributed by atoms with E-state index in [1.807, 2.05) is 18.2 Å². The summed E-state index contributed by atoms with van der Waals surface area (Å²) in [7, 11) is 0. The summed E-state index contributed by atoms with van der Waals surface area (Å²) < 4.78 is 10.9. The van der Waals surface area contributed by atoms with Crippen LogP contribution in [0.25, 0.3) is 33.1 Å². The van der Waals surface area contributed by atoms with Crippen molar-refractivity contribution in [1.82, 2.24) is 4.90 Å². The Morgan fingerprint density at radius 1 is 1.00 bits per heavy atom. The molecule has 1 aliphatic rings. The van der Waals surface area contributed by atoms with E-state index in [0.29, 0.717) is 34.2 Å². The summed E-state index contributed by atoms with van der Waals surface area (Å²) >= 11 is 0. The second-order valence-corrected chi connectivity index (χ2v) is 7.83. The Bertz CT molecular complexity index is 1390. The number of fused-ring (bicyclic) bond motifs is 2. The molecule has 1 saturated heterocycles. The molecule has 0 unspecified atom stereocenters. The van der Waals surface area contributed by atoms with E-state index in [2.05, 4.69) is 4.90 Å². The molecule has 152 valence electrons. The summed E-state index contributed by atoms with van der Waals surface area (Å²) in [5, 5.41) is 12.1. The van der Waals surface area contributed by atoms with Crippen LogP contribution < -0.4 is 11.3 Å². The zero-order chi connectivity index (χ0) is 20.8. The average molecular weight is 403 g/mol. The molecule has 0 amide bonds. The predicted octanol–water partition coefficient (Wildman–Crippen LogP) is 4.18. The zero-order valence-electron chi connectivity index (χ0n) is 16.6. The van der Waals surface area contributed by atoms with E-state index in [-0.39, 0.29) is 11.3 Å². The van der Waals surface area contributed by atoms with Gasteiger partial charge in [-0.2, -0.15) is 0 Å². The molecular formula is C24H21NO5. The lowest BCUT2D eigenvalue weighted by molar-refractivity contribution is 0.324. The van der Waals surface area contributed by atoms with Crippen LogP contribution in [0.1, 0.15) is 24.0 Å². The van der Waals surface area contributed by atoms with Crippen LogP contribution in [0.4, 0.5) is 0 Å². The number of rotatable bonds is 3. The quantitative estimate of drug-likeness (QED) is 0.517. The molecule has 2 aromatic heterocycles. The number of benzene rings is 2. The fraction of sp³-hybridized carbons (Fsp3) is 0.250. The van der Waals surface area contributed by atoms with Gasteiger partial charge < -0.3 is 13.9 Å². The highest BCUT2D eigenvalue weighted by Crippen LogP contribution is 2.36. The normalized spacial score (nSPS) is 14.7. The minimum Gasteiger partial charge on any atom is -0.507 e. The van der Waals surface area contributed by atoms with Crippen LogP contribution in [0.3, 0.4) is 0 Å². The maximum absolute atomic E-state index is 12.7. The fourth-order valence-electron chi connectivity index (χ4n) is 4.29. The van der Waals surface area contributed by atoms with Crippen LogP contribution in [-0.4, -0.2) is 23.1 Å². The number of phenols is 1. The van der Waals surface area contributed by atoms with E-state index in [4.69, 9.17) is 8.83 Å². The first kappa shape index (κ1) is 18.6. The van der Waals surface area contributed by atoms with Gasteiger partial charge in [0, 0.05) is 40.1 Å². The van der Waals surface area contributed by atoms with Gasteiger partial charge in [-0.1, -0.05) is 18.2 Å². The molecular weight excluding hydrogens is 382 g/mol. The van der Waals surface area contributed by atoms with Crippen molar-refractivity contribution in [2.24, 2.45) is 0 Å². The molecule has 0 atom stereocenters. The maximum atomic E-state index is 12.7. The number of hydrogen-bond acceptors (Lipinski definition) is 6. The third-order valence-electron chi connectivity index (χ3n) is 5.84. The standard InChI is InChI=1S/C24H21NO5/c1-14-22(27)16(13-25-8-4-5-9-25)11-18-17(12-21(26)30-23(14)18)19-10-15-6-2-3-7-20(15)29-24(19)28/h2-3,6-7,10-12,27H,4-5,8-9,13H2,1H3. The molecule has 0 aliphatic carbocycles. The Morgan fingerprint density at radius 2 is 1.77 bits per heavy atom. The van der Waals surface area contributed by atoms with Gasteiger partial charge in [-0.15, -0.1) is 0 Å². The molecule has 6 nitrogen and oxygen atoms in total. The first-order chi connectivity index (χ1) is 14.5. The van der Waals surface area contributed by atoms with Gasteiger partial charge in [0.15, 0.2) is 0 Å². The van der Waals surface area contributed by atoms with E-state index in [1.165, 1.54) is 6.07 Å². The van der Waals surface area contributed by atoms with Crippen LogP contribution in [0.15, 0.2) is 60.9 Å². The minimum atomic E-state index is -0.583. The van der Waals surface area contributed by atoms with Gasteiger partial charge in [0.25, 0.3) is 0 Å². The molecule has 4 aromatic rings. The molecule has 0 bridgehead atoms. The van der Waals surface area contributed by atoms with Gasteiger partial charge in [-0.25, -0.2) is 9.59 Å². The second kappa shape index (κ2) is 7.15. The predicted molar refractivity (Wildman–Crippen MR) is 115 cm³/mol. The Balaban J connectivity index is 1.77. The fourth-order valence-corrected chi connectivity index (χ4v) is 4.29. The number of aromatic hydroxyl groups is 1. The van der Waals surface area contributed by atoms with Gasteiger partial charge >= 0.3 is 11.3 Å². The number of hydrogen-bond donors (Lipinski definition) is 1. The molecule has 0 spiro atoms. The summed E-state index contributed by atoms with van der Waals surface area (Å²) in [5.74, 6) is 0.125. The number of nitrogens with zero attached hydrogens (tertiary/aromatic N) is 1. The van der Waals surface area contributed by atoms with E-state index in [9.17, 15) is 14.7 Å². The Morgan fingerprint density at radius 3 is 2.57 bits per heavy atom. The number of aryl methyl sites for hydroxylation is 1. The summed E-state index contributed by atoms with van der Waals surface area (Å²) in [6.45, 7) is 4.30. The molecule has 30 heavy (non-hydrogen) atoms. The van der Waals surface area contributed by atoms with Crippen molar-refractivity contribution in [2.75, 3.05) is 13.1 Å². The third-order valence-corrected chi connectivity index (χ3v) is 5.84. The van der Waals surface area contributed by atoms with Gasteiger partial charge in [-0.3, -0.25) is 4.90 Å². The van der Waals surface area contributed by atoms with Gasteiger partial charge in [-0.05, 0) is 51.1 Å². The maximum Gasteiger partial charge on any atom is 0.344 e. The van der Waals surface area contributed by atoms with E-state index in [0.717, 1.165) is 36.9 Å². The van der Waals surface area contributed by atoms with Crippen LogP contribution >= 0.6 is 0 Å². The number of likely N-dealkylation sites (tertiary alicyclic amines) is 1. The Kier molecular flexibility index (Phi) is 4.44. The van der Waals surface area contributed by atoms with Crippen LogP contribution in [0.2, 0.25) is 0 Å². The molecule has 0 saturated carbocycles. The number of para-hydroxylation sites is 1.